The summed E-state index contributed by atoms with van der Waals surface area (Å²) in [5.41, 5.74) is 0.885. The highest BCUT2D eigenvalue weighted by Gasteiger charge is 2.29. The first-order chi connectivity index (χ1) is 17.9. The molecule has 1 aromatic heterocycles. The minimum atomic E-state index is -0.978. The van der Waals surface area contributed by atoms with E-state index in [0.717, 1.165) is 11.3 Å². The van der Waals surface area contributed by atoms with Gasteiger partial charge >= 0.3 is 11.9 Å². The normalized spacial score (nSPS) is 13.3. The van der Waals surface area contributed by atoms with Crippen molar-refractivity contribution in [1.29, 1.82) is 0 Å². The Labute approximate surface area is 224 Å². The van der Waals surface area contributed by atoms with Crippen molar-refractivity contribution in [3.63, 3.8) is 0 Å². The molecule has 0 aliphatic heterocycles. The second kappa shape index (κ2) is 14.2. The number of rotatable bonds is 13. The fourth-order valence-electron chi connectivity index (χ4n) is 3.99. The highest BCUT2D eigenvalue weighted by Crippen LogP contribution is 2.32. The number of benzene rings is 1. The molecule has 1 aromatic carbocycles. The van der Waals surface area contributed by atoms with Crippen LogP contribution in [0.1, 0.15) is 70.4 Å². The molecule has 1 amide bonds. The molecule has 2 aromatic rings. The summed E-state index contributed by atoms with van der Waals surface area (Å²) in [6, 6.07) is 8.28. The van der Waals surface area contributed by atoms with E-state index in [1.807, 2.05) is 45.0 Å². The fraction of sp³-hybridized carbons (Fsp3) is 0.500. The predicted octanol–water partition coefficient (Wildman–Crippen LogP) is 4.27. The lowest BCUT2D eigenvalue weighted by Gasteiger charge is -2.29. The number of nitrogens with one attached hydrogen (secondary N) is 1. The first-order valence-corrected chi connectivity index (χ1v) is 12.5. The molecular formula is C28H38N2O8. The maximum atomic E-state index is 13.0. The van der Waals surface area contributed by atoms with Gasteiger partial charge in [-0.1, -0.05) is 26.0 Å². The molecule has 0 unspecified atom stereocenters. The Balaban J connectivity index is 2.10. The SMILES string of the molecule is COc1ccnc(C(=O)N[C@@H](C)C(=O)O[C@@H](C)[C@H](c2ccc(OC(C)C)cc2)C(C)C)c1OCOC(C)=O. The molecule has 0 saturated heterocycles. The van der Waals surface area contributed by atoms with E-state index in [0.29, 0.717) is 0 Å². The van der Waals surface area contributed by atoms with Crippen molar-refractivity contribution in [2.24, 2.45) is 5.92 Å². The van der Waals surface area contributed by atoms with Crippen molar-refractivity contribution >= 4 is 17.8 Å². The first-order valence-electron chi connectivity index (χ1n) is 12.5. The van der Waals surface area contributed by atoms with Gasteiger partial charge in [-0.25, -0.2) is 9.78 Å². The summed E-state index contributed by atoms with van der Waals surface area (Å²) in [4.78, 5) is 41.0. The number of amides is 1. The molecule has 0 bridgehead atoms. The van der Waals surface area contributed by atoms with Gasteiger partial charge in [-0.05, 0) is 51.3 Å². The van der Waals surface area contributed by atoms with Crippen molar-refractivity contribution in [1.82, 2.24) is 10.3 Å². The van der Waals surface area contributed by atoms with Crippen molar-refractivity contribution in [3.8, 4) is 17.2 Å². The molecule has 1 N–H and O–H groups in total. The van der Waals surface area contributed by atoms with Crippen LogP contribution in [0.4, 0.5) is 0 Å². The molecule has 1 heterocycles. The lowest BCUT2D eigenvalue weighted by atomic mass is 9.84. The second-order valence-corrected chi connectivity index (χ2v) is 9.43. The second-order valence-electron chi connectivity index (χ2n) is 9.43. The van der Waals surface area contributed by atoms with Crippen molar-refractivity contribution in [3.05, 3.63) is 47.8 Å². The summed E-state index contributed by atoms with van der Waals surface area (Å²) in [5, 5.41) is 2.59. The largest absolute Gasteiger partial charge is 0.493 e. The van der Waals surface area contributed by atoms with Crippen LogP contribution in [0, 0.1) is 5.92 Å². The third-order valence-electron chi connectivity index (χ3n) is 5.63. The number of carbonyl (C=O) groups excluding carboxylic acids is 3. The zero-order valence-corrected chi connectivity index (χ0v) is 23.3. The Morgan fingerprint density at radius 2 is 1.63 bits per heavy atom. The van der Waals surface area contributed by atoms with Gasteiger partial charge in [-0.15, -0.1) is 0 Å². The third-order valence-corrected chi connectivity index (χ3v) is 5.63. The Kier molecular flexibility index (Phi) is 11.4. The highest BCUT2D eigenvalue weighted by atomic mass is 16.7. The summed E-state index contributed by atoms with van der Waals surface area (Å²) < 4.78 is 26.9. The summed E-state index contributed by atoms with van der Waals surface area (Å²) >= 11 is 0. The predicted molar refractivity (Wildman–Crippen MR) is 140 cm³/mol. The van der Waals surface area contributed by atoms with Gasteiger partial charge in [0.25, 0.3) is 5.91 Å². The van der Waals surface area contributed by atoms with Gasteiger partial charge in [-0.3, -0.25) is 9.59 Å². The molecule has 0 saturated carbocycles. The summed E-state index contributed by atoms with van der Waals surface area (Å²) in [6.45, 7) is 12.2. The molecule has 3 atom stereocenters. The Hall–Kier alpha value is -3.82. The number of pyridine rings is 1. The molecule has 10 nitrogen and oxygen atoms in total. The van der Waals surface area contributed by atoms with Gasteiger partial charge in [0.15, 0.2) is 17.2 Å². The number of nitrogens with zero attached hydrogens (tertiary/aromatic N) is 1. The van der Waals surface area contributed by atoms with Crippen LogP contribution >= 0.6 is 0 Å². The number of hydrogen-bond donors (Lipinski definition) is 1. The summed E-state index contributed by atoms with van der Waals surface area (Å²) in [6.07, 6.45) is 0.973. The maximum Gasteiger partial charge on any atom is 0.328 e. The zero-order valence-electron chi connectivity index (χ0n) is 23.3. The molecule has 38 heavy (non-hydrogen) atoms. The van der Waals surface area contributed by atoms with Crippen LogP contribution in [0.3, 0.4) is 0 Å². The lowest BCUT2D eigenvalue weighted by molar-refractivity contribution is -0.152. The van der Waals surface area contributed by atoms with E-state index in [2.05, 4.69) is 24.1 Å². The highest BCUT2D eigenvalue weighted by molar-refractivity contribution is 5.98. The monoisotopic (exact) mass is 530 g/mol. The number of aromatic nitrogens is 1. The van der Waals surface area contributed by atoms with Gasteiger partial charge in [0.2, 0.25) is 6.79 Å². The van der Waals surface area contributed by atoms with Crippen LogP contribution < -0.4 is 19.5 Å². The van der Waals surface area contributed by atoms with E-state index >= 15 is 0 Å². The van der Waals surface area contributed by atoms with Crippen LogP contribution in [0.2, 0.25) is 0 Å². The Morgan fingerprint density at radius 1 is 0.974 bits per heavy atom. The van der Waals surface area contributed by atoms with E-state index in [1.165, 1.54) is 33.2 Å². The number of esters is 2. The molecule has 2 rings (SSSR count). The van der Waals surface area contributed by atoms with Crippen LogP contribution in [0.5, 0.6) is 17.2 Å². The van der Waals surface area contributed by atoms with Crippen LogP contribution in [-0.4, -0.2) is 55.0 Å². The molecule has 0 fully saturated rings. The van der Waals surface area contributed by atoms with Crippen LogP contribution in [-0.2, 0) is 19.1 Å². The molecular weight excluding hydrogens is 492 g/mol. The number of ether oxygens (including phenoxy) is 5. The Bertz CT molecular complexity index is 1080. The Morgan fingerprint density at radius 3 is 2.18 bits per heavy atom. The van der Waals surface area contributed by atoms with Gasteiger partial charge < -0.3 is 29.0 Å². The number of hydrogen-bond acceptors (Lipinski definition) is 9. The van der Waals surface area contributed by atoms with Gasteiger partial charge in [0.1, 0.15) is 17.9 Å². The number of carbonyl (C=O) groups is 3. The smallest absolute Gasteiger partial charge is 0.328 e. The molecule has 0 aliphatic carbocycles. The van der Waals surface area contributed by atoms with Crippen molar-refractivity contribution in [2.45, 2.75) is 72.6 Å². The minimum absolute atomic E-state index is 0.0209. The van der Waals surface area contributed by atoms with E-state index in [9.17, 15) is 14.4 Å². The van der Waals surface area contributed by atoms with Crippen molar-refractivity contribution in [2.75, 3.05) is 13.9 Å². The quantitative estimate of drug-likeness (QED) is 0.299. The van der Waals surface area contributed by atoms with Crippen LogP contribution in [0.25, 0.3) is 0 Å². The topological polar surface area (TPSA) is 122 Å². The first kappa shape index (κ1) is 30.4. The van der Waals surface area contributed by atoms with E-state index in [1.54, 1.807) is 0 Å². The van der Waals surface area contributed by atoms with Crippen LogP contribution in [0.15, 0.2) is 36.5 Å². The zero-order chi connectivity index (χ0) is 28.4. The summed E-state index contributed by atoms with van der Waals surface area (Å²) in [5.74, 6) is -0.757. The van der Waals surface area contributed by atoms with Gasteiger partial charge in [0, 0.05) is 25.1 Å². The van der Waals surface area contributed by atoms with Crippen molar-refractivity contribution < 1.29 is 38.1 Å². The molecule has 0 spiro atoms. The standard InChI is InChI=1S/C28H38N2O8/c1-16(2)24(21-9-11-22(12-10-21)37-17(3)4)19(6)38-28(33)18(5)30-27(32)25-26(36-15-35-20(7)31)23(34-8)13-14-29-25/h9-14,16-19,24H,15H2,1-8H3,(H,30,32)/t18-,19-,24+/m0/s1. The fourth-order valence-corrected chi connectivity index (χ4v) is 3.99. The molecule has 0 radical (unpaired) electrons. The van der Waals surface area contributed by atoms with E-state index < -0.39 is 36.8 Å². The van der Waals surface area contributed by atoms with Gasteiger partial charge in [-0.2, -0.15) is 0 Å². The minimum Gasteiger partial charge on any atom is -0.493 e. The number of methoxy groups -OCH3 is 1. The molecule has 10 heteroatoms. The molecule has 0 aliphatic rings. The third kappa shape index (κ3) is 8.64. The average Bonchev–Trinajstić information content (AvgIpc) is 2.84. The molecule has 208 valence electrons. The van der Waals surface area contributed by atoms with Gasteiger partial charge in [0.05, 0.1) is 13.2 Å². The van der Waals surface area contributed by atoms with E-state index in [-0.39, 0.29) is 35.1 Å². The maximum absolute atomic E-state index is 13.0. The lowest BCUT2D eigenvalue weighted by Crippen LogP contribution is -2.42. The average molecular weight is 531 g/mol. The van der Waals surface area contributed by atoms with E-state index in [4.69, 9.17) is 23.7 Å². The summed E-state index contributed by atoms with van der Waals surface area (Å²) in [7, 11) is 1.40.